The molecular weight excluding hydrogens is 204 g/mol. The zero-order chi connectivity index (χ0) is 11.4. The molecule has 0 amide bonds. The lowest BCUT2D eigenvalue weighted by Crippen LogP contribution is -2.27. The molecule has 0 spiro atoms. The Morgan fingerprint density at radius 1 is 1.12 bits per heavy atom. The third-order valence-corrected chi connectivity index (χ3v) is 2.77. The van der Waals surface area contributed by atoms with E-state index in [1.54, 1.807) is 4.90 Å². The first-order chi connectivity index (χ1) is 7.85. The van der Waals surface area contributed by atoms with Gasteiger partial charge in [0.15, 0.2) is 0 Å². The predicted molar refractivity (Wildman–Crippen MR) is 62.9 cm³/mol. The highest BCUT2D eigenvalue weighted by Crippen LogP contribution is 2.18. The number of rotatable bonds is 5. The molecule has 2 rings (SSSR count). The van der Waals surface area contributed by atoms with Crippen molar-refractivity contribution >= 4 is 10.9 Å². The SMILES string of the molecule is OCN(CO)CCc1c[nH]c2ccccc12. The van der Waals surface area contributed by atoms with Gasteiger partial charge in [-0.1, -0.05) is 18.2 Å². The van der Waals surface area contributed by atoms with Gasteiger partial charge in [-0.25, -0.2) is 0 Å². The van der Waals surface area contributed by atoms with Crippen LogP contribution in [0.1, 0.15) is 5.56 Å². The van der Waals surface area contributed by atoms with E-state index in [9.17, 15) is 0 Å². The van der Waals surface area contributed by atoms with Gasteiger partial charge in [0.1, 0.15) is 0 Å². The normalized spacial score (nSPS) is 11.4. The van der Waals surface area contributed by atoms with Crippen molar-refractivity contribution in [1.82, 2.24) is 9.88 Å². The Kier molecular flexibility index (Phi) is 3.56. The first-order valence-electron chi connectivity index (χ1n) is 5.34. The summed E-state index contributed by atoms with van der Waals surface area (Å²) in [7, 11) is 0. The average Bonchev–Trinajstić information content (AvgIpc) is 2.74. The second kappa shape index (κ2) is 5.12. The maximum atomic E-state index is 8.93. The number of H-pyrrole nitrogens is 1. The molecule has 2 aromatic rings. The van der Waals surface area contributed by atoms with Gasteiger partial charge in [0.25, 0.3) is 0 Å². The summed E-state index contributed by atoms with van der Waals surface area (Å²) in [5.41, 5.74) is 2.33. The molecule has 86 valence electrons. The van der Waals surface area contributed by atoms with Crippen LogP contribution < -0.4 is 0 Å². The lowest BCUT2D eigenvalue weighted by molar-refractivity contribution is 0.0306. The van der Waals surface area contributed by atoms with Crippen LogP contribution in [0.3, 0.4) is 0 Å². The fraction of sp³-hybridized carbons (Fsp3) is 0.333. The van der Waals surface area contributed by atoms with Crippen molar-refractivity contribution in [2.24, 2.45) is 0 Å². The Bertz CT molecular complexity index is 449. The maximum absolute atomic E-state index is 8.93. The largest absolute Gasteiger partial charge is 0.381 e. The first-order valence-corrected chi connectivity index (χ1v) is 5.34. The quantitative estimate of drug-likeness (QED) is 0.656. The van der Waals surface area contributed by atoms with Crippen LogP contribution in [0.4, 0.5) is 0 Å². The smallest absolute Gasteiger partial charge is 0.0974 e. The van der Waals surface area contributed by atoms with E-state index >= 15 is 0 Å². The molecule has 0 fully saturated rings. The minimum absolute atomic E-state index is 0.112. The summed E-state index contributed by atoms with van der Waals surface area (Å²) in [6.07, 6.45) is 2.79. The van der Waals surface area contributed by atoms with E-state index in [1.165, 1.54) is 10.9 Å². The molecule has 0 unspecified atom stereocenters. The summed E-state index contributed by atoms with van der Waals surface area (Å²) in [6.45, 7) is 0.423. The Morgan fingerprint density at radius 2 is 1.88 bits per heavy atom. The molecule has 1 aromatic carbocycles. The monoisotopic (exact) mass is 220 g/mol. The average molecular weight is 220 g/mol. The minimum Gasteiger partial charge on any atom is -0.381 e. The summed E-state index contributed by atoms with van der Waals surface area (Å²) in [5, 5.41) is 19.1. The Hall–Kier alpha value is -1.36. The summed E-state index contributed by atoms with van der Waals surface area (Å²) in [5.74, 6) is 0. The third-order valence-electron chi connectivity index (χ3n) is 2.77. The number of fused-ring (bicyclic) bond motifs is 1. The Morgan fingerprint density at radius 3 is 2.62 bits per heavy atom. The van der Waals surface area contributed by atoms with E-state index in [4.69, 9.17) is 10.2 Å². The number of hydrogen-bond donors (Lipinski definition) is 3. The highest BCUT2D eigenvalue weighted by Gasteiger charge is 2.05. The van der Waals surface area contributed by atoms with Crippen LogP contribution in [0.15, 0.2) is 30.5 Å². The fourth-order valence-corrected chi connectivity index (χ4v) is 1.80. The highest BCUT2D eigenvalue weighted by molar-refractivity contribution is 5.83. The molecule has 0 aliphatic rings. The number of aromatic amines is 1. The summed E-state index contributed by atoms with van der Waals surface area (Å²) in [6, 6.07) is 8.12. The van der Waals surface area contributed by atoms with E-state index in [1.807, 2.05) is 24.4 Å². The number of nitrogens with one attached hydrogen (secondary N) is 1. The van der Waals surface area contributed by atoms with Crippen molar-refractivity contribution in [2.45, 2.75) is 6.42 Å². The van der Waals surface area contributed by atoms with Gasteiger partial charge in [0, 0.05) is 23.6 Å². The van der Waals surface area contributed by atoms with Crippen molar-refractivity contribution in [2.75, 3.05) is 20.0 Å². The predicted octanol–water partition coefficient (Wildman–Crippen LogP) is 0.912. The number of nitrogens with zero attached hydrogens (tertiary/aromatic N) is 1. The molecule has 0 bridgehead atoms. The topological polar surface area (TPSA) is 59.5 Å². The Balaban J connectivity index is 2.09. The van der Waals surface area contributed by atoms with Crippen LogP contribution in [-0.4, -0.2) is 40.1 Å². The van der Waals surface area contributed by atoms with E-state index < -0.39 is 0 Å². The van der Waals surface area contributed by atoms with Crippen LogP contribution in [-0.2, 0) is 6.42 Å². The van der Waals surface area contributed by atoms with Gasteiger partial charge in [-0.15, -0.1) is 0 Å². The van der Waals surface area contributed by atoms with E-state index in [2.05, 4.69) is 11.1 Å². The molecule has 4 heteroatoms. The van der Waals surface area contributed by atoms with Crippen LogP contribution in [0.5, 0.6) is 0 Å². The summed E-state index contributed by atoms with van der Waals surface area (Å²) in [4.78, 5) is 4.78. The second-order valence-electron chi connectivity index (χ2n) is 3.79. The highest BCUT2D eigenvalue weighted by atomic mass is 16.3. The number of hydrogen-bond acceptors (Lipinski definition) is 3. The molecule has 0 saturated heterocycles. The zero-order valence-corrected chi connectivity index (χ0v) is 9.06. The number of benzene rings is 1. The molecule has 0 aliphatic carbocycles. The molecule has 0 saturated carbocycles. The number of aliphatic hydroxyl groups excluding tert-OH is 2. The van der Waals surface area contributed by atoms with Gasteiger partial charge < -0.3 is 15.2 Å². The van der Waals surface area contributed by atoms with Crippen molar-refractivity contribution < 1.29 is 10.2 Å². The molecule has 3 N–H and O–H groups in total. The Labute approximate surface area is 94.1 Å². The minimum atomic E-state index is -0.112. The standard InChI is InChI=1S/C12H16N2O2/c15-8-14(9-16)6-5-10-7-13-12-4-2-1-3-11(10)12/h1-4,7,13,15-16H,5-6,8-9H2. The van der Waals surface area contributed by atoms with Gasteiger partial charge in [0.05, 0.1) is 13.5 Å². The molecule has 0 aliphatic heterocycles. The van der Waals surface area contributed by atoms with Crippen LogP contribution in [0.2, 0.25) is 0 Å². The van der Waals surface area contributed by atoms with Gasteiger partial charge >= 0.3 is 0 Å². The van der Waals surface area contributed by atoms with Gasteiger partial charge in [-0.2, -0.15) is 0 Å². The van der Waals surface area contributed by atoms with Crippen molar-refractivity contribution in [3.63, 3.8) is 0 Å². The number of aromatic nitrogens is 1. The van der Waals surface area contributed by atoms with Crippen LogP contribution in [0, 0.1) is 0 Å². The van der Waals surface area contributed by atoms with Crippen LogP contribution >= 0.6 is 0 Å². The van der Waals surface area contributed by atoms with E-state index in [-0.39, 0.29) is 13.5 Å². The second-order valence-corrected chi connectivity index (χ2v) is 3.79. The summed E-state index contributed by atoms with van der Waals surface area (Å²) >= 11 is 0. The molecular formula is C12H16N2O2. The maximum Gasteiger partial charge on any atom is 0.0974 e. The first kappa shape index (κ1) is 11.1. The zero-order valence-electron chi connectivity index (χ0n) is 9.06. The molecule has 16 heavy (non-hydrogen) atoms. The molecule has 0 atom stereocenters. The molecule has 1 aromatic heterocycles. The van der Waals surface area contributed by atoms with Crippen molar-refractivity contribution in [3.8, 4) is 0 Å². The lowest BCUT2D eigenvalue weighted by Gasteiger charge is -2.15. The molecule has 0 radical (unpaired) electrons. The number of aliphatic hydroxyl groups is 2. The van der Waals surface area contributed by atoms with Gasteiger partial charge in [-0.3, -0.25) is 4.90 Å². The molecule has 4 nitrogen and oxygen atoms in total. The van der Waals surface area contributed by atoms with Crippen molar-refractivity contribution in [3.05, 3.63) is 36.0 Å². The number of para-hydroxylation sites is 1. The van der Waals surface area contributed by atoms with E-state index in [0.29, 0.717) is 6.54 Å². The van der Waals surface area contributed by atoms with Gasteiger partial charge in [0.2, 0.25) is 0 Å². The van der Waals surface area contributed by atoms with Gasteiger partial charge in [-0.05, 0) is 18.1 Å². The van der Waals surface area contributed by atoms with Crippen LogP contribution in [0.25, 0.3) is 10.9 Å². The fourth-order valence-electron chi connectivity index (χ4n) is 1.80. The third kappa shape index (κ3) is 2.24. The lowest BCUT2D eigenvalue weighted by atomic mass is 10.1. The molecule has 1 heterocycles. The van der Waals surface area contributed by atoms with Crippen molar-refractivity contribution in [1.29, 1.82) is 0 Å². The van der Waals surface area contributed by atoms with E-state index in [0.717, 1.165) is 11.9 Å². The summed E-state index contributed by atoms with van der Waals surface area (Å²) < 4.78 is 0.